The molecule has 0 spiro atoms. The van der Waals surface area contributed by atoms with Crippen LogP contribution in [-0.4, -0.2) is 23.9 Å². The largest absolute Gasteiger partial charge is 0.342 e. The van der Waals surface area contributed by atoms with Gasteiger partial charge < -0.3 is 4.90 Å². The normalized spacial score (nSPS) is 14.8. The number of hydrogen-bond donors (Lipinski definition) is 0. The van der Waals surface area contributed by atoms with Crippen molar-refractivity contribution in [3.8, 4) is 0 Å². The van der Waals surface area contributed by atoms with Crippen molar-refractivity contribution < 1.29 is 4.79 Å². The fraction of sp³-hybridized carbons (Fsp3) is 0.417. The van der Waals surface area contributed by atoms with Crippen LogP contribution in [0.3, 0.4) is 0 Å². The molecule has 1 aromatic rings. The zero-order valence-corrected chi connectivity index (χ0v) is 9.50. The number of rotatable bonds is 2. The lowest BCUT2D eigenvalue weighted by Gasteiger charge is -2.14. The average Bonchev–Trinajstić information content (AvgIpc) is 2.72. The molecule has 1 heterocycles. The smallest absolute Gasteiger partial charge is 0.226 e. The highest BCUT2D eigenvalue weighted by Crippen LogP contribution is 2.10. The Morgan fingerprint density at radius 3 is 2.33 bits per heavy atom. The molecule has 0 aromatic heterocycles. The lowest BCUT2D eigenvalue weighted by atomic mass is 10.1. The van der Waals surface area contributed by atoms with Crippen LogP contribution in [0.2, 0.25) is 0 Å². The molecule has 0 bridgehead atoms. The molecule has 2 nitrogen and oxygen atoms in total. The van der Waals surface area contributed by atoms with Gasteiger partial charge >= 0.3 is 0 Å². The highest BCUT2D eigenvalue weighted by atomic mass is 35.5. The van der Waals surface area contributed by atoms with Crippen molar-refractivity contribution in [2.75, 3.05) is 13.1 Å². The van der Waals surface area contributed by atoms with Crippen LogP contribution in [0.4, 0.5) is 0 Å². The summed E-state index contributed by atoms with van der Waals surface area (Å²) in [4.78, 5) is 13.7. The molecule has 1 amide bonds. The van der Waals surface area contributed by atoms with E-state index < -0.39 is 0 Å². The SMILES string of the molecule is Cl.O=C(Cc1ccccc1)N1CCCC1. The van der Waals surface area contributed by atoms with Crippen LogP contribution in [0.15, 0.2) is 30.3 Å². The van der Waals surface area contributed by atoms with E-state index in [9.17, 15) is 4.79 Å². The monoisotopic (exact) mass is 225 g/mol. The maximum atomic E-state index is 11.7. The molecule has 1 aliphatic rings. The number of likely N-dealkylation sites (tertiary alicyclic amines) is 1. The second-order valence-electron chi connectivity index (χ2n) is 3.75. The van der Waals surface area contributed by atoms with E-state index in [0.717, 1.165) is 18.7 Å². The topological polar surface area (TPSA) is 20.3 Å². The quantitative estimate of drug-likeness (QED) is 0.756. The van der Waals surface area contributed by atoms with E-state index in [-0.39, 0.29) is 18.3 Å². The molecule has 1 saturated heterocycles. The summed E-state index contributed by atoms with van der Waals surface area (Å²) in [5, 5.41) is 0. The van der Waals surface area contributed by atoms with Crippen molar-refractivity contribution >= 4 is 18.3 Å². The molecule has 0 saturated carbocycles. The fourth-order valence-corrected chi connectivity index (χ4v) is 1.85. The maximum Gasteiger partial charge on any atom is 0.226 e. The number of amides is 1. The van der Waals surface area contributed by atoms with Gasteiger partial charge in [-0.2, -0.15) is 0 Å². The lowest BCUT2D eigenvalue weighted by molar-refractivity contribution is -0.129. The summed E-state index contributed by atoms with van der Waals surface area (Å²) in [6.07, 6.45) is 2.89. The first-order valence-corrected chi connectivity index (χ1v) is 5.18. The van der Waals surface area contributed by atoms with Gasteiger partial charge in [0, 0.05) is 13.1 Å². The van der Waals surface area contributed by atoms with Crippen LogP contribution in [0.5, 0.6) is 0 Å². The van der Waals surface area contributed by atoms with E-state index in [1.54, 1.807) is 0 Å². The number of halogens is 1. The molecule has 0 N–H and O–H groups in total. The summed E-state index contributed by atoms with van der Waals surface area (Å²) in [5.74, 6) is 0.272. The molecule has 0 unspecified atom stereocenters. The minimum Gasteiger partial charge on any atom is -0.342 e. The molecular formula is C12H16ClNO. The van der Waals surface area contributed by atoms with Crippen molar-refractivity contribution in [3.63, 3.8) is 0 Å². The van der Waals surface area contributed by atoms with E-state index in [1.165, 1.54) is 12.8 Å². The summed E-state index contributed by atoms with van der Waals surface area (Å²) in [6, 6.07) is 9.95. The van der Waals surface area contributed by atoms with E-state index in [2.05, 4.69) is 0 Å². The van der Waals surface area contributed by atoms with Gasteiger partial charge in [-0.25, -0.2) is 0 Å². The Morgan fingerprint density at radius 2 is 1.73 bits per heavy atom. The summed E-state index contributed by atoms with van der Waals surface area (Å²) in [6.45, 7) is 1.90. The second kappa shape index (κ2) is 5.76. The molecule has 2 rings (SSSR count). The molecule has 3 heteroatoms. The molecule has 1 fully saturated rings. The fourth-order valence-electron chi connectivity index (χ4n) is 1.85. The number of nitrogens with zero attached hydrogens (tertiary/aromatic N) is 1. The zero-order valence-electron chi connectivity index (χ0n) is 8.69. The van der Waals surface area contributed by atoms with Gasteiger partial charge in [-0.15, -0.1) is 12.4 Å². The van der Waals surface area contributed by atoms with Crippen molar-refractivity contribution in [1.82, 2.24) is 4.90 Å². The third-order valence-corrected chi connectivity index (χ3v) is 2.66. The molecule has 1 aromatic carbocycles. The highest BCUT2D eigenvalue weighted by molar-refractivity contribution is 5.85. The molecule has 0 atom stereocenters. The first-order chi connectivity index (χ1) is 6.86. The third kappa shape index (κ3) is 3.24. The Balaban J connectivity index is 0.00000112. The molecule has 0 radical (unpaired) electrons. The van der Waals surface area contributed by atoms with Crippen molar-refractivity contribution in [3.05, 3.63) is 35.9 Å². The summed E-state index contributed by atoms with van der Waals surface area (Å²) in [5.41, 5.74) is 1.12. The van der Waals surface area contributed by atoms with Gasteiger partial charge in [0.2, 0.25) is 5.91 Å². The number of carbonyl (C=O) groups is 1. The Bertz CT molecular complexity index is 307. The third-order valence-electron chi connectivity index (χ3n) is 2.66. The molecule has 1 aliphatic heterocycles. The summed E-state index contributed by atoms with van der Waals surface area (Å²) < 4.78 is 0. The van der Waals surface area contributed by atoms with Crippen molar-refractivity contribution in [1.29, 1.82) is 0 Å². The lowest BCUT2D eigenvalue weighted by Crippen LogP contribution is -2.28. The molecule has 82 valence electrons. The van der Waals surface area contributed by atoms with Gasteiger partial charge in [0.25, 0.3) is 0 Å². The Hall–Kier alpha value is -1.02. The predicted molar refractivity (Wildman–Crippen MR) is 63.2 cm³/mol. The van der Waals surface area contributed by atoms with Gasteiger partial charge in [-0.05, 0) is 18.4 Å². The number of carbonyl (C=O) groups excluding carboxylic acids is 1. The van der Waals surface area contributed by atoms with E-state index in [4.69, 9.17) is 0 Å². The maximum absolute atomic E-state index is 11.7. The summed E-state index contributed by atoms with van der Waals surface area (Å²) >= 11 is 0. The van der Waals surface area contributed by atoms with Gasteiger partial charge in [0.15, 0.2) is 0 Å². The minimum absolute atomic E-state index is 0. The number of benzene rings is 1. The molecular weight excluding hydrogens is 210 g/mol. The van der Waals surface area contributed by atoms with Crippen LogP contribution in [-0.2, 0) is 11.2 Å². The zero-order chi connectivity index (χ0) is 9.80. The number of hydrogen-bond acceptors (Lipinski definition) is 1. The summed E-state index contributed by atoms with van der Waals surface area (Å²) in [7, 11) is 0. The Kier molecular flexibility index (Phi) is 4.63. The van der Waals surface area contributed by atoms with E-state index in [0.29, 0.717) is 6.42 Å². The van der Waals surface area contributed by atoms with E-state index in [1.807, 2.05) is 35.2 Å². The highest BCUT2D eigenvalue weighted by Gasteiger charge is 2.17. The minimum atomic E-state index is 0. The van der Waals surface area contributed by atoms with E-state index >= 15 is 0 Å². The van der Waals surface area contributed by atoms with Crippen LogP contribution in [0, 0.1) is 0 Å². The van der Waals surface area contributed by atoms with Crippen LogP contribution >= 0.6 is 12.4 Å². The average molecular weight is 226 g/mol. The van der Waals surface area contributed by atoms with Gasteiger partial charge in [0.1, 0.15) is 0 Å². The Morgan fingerprint density at radius 1 is 1.13 bits per heavy atom. The van der Waals surface area contributed by atoms with Crippen LogP contribution in [0.1, 0.15) is 18.4 Å². The first-order valence-electron chi connectivity index (χ1n) is 5.18. The Labute approximate surface area is 96.7 Å². The van der Waals surface area contributed by atoms with Gasteiger partial charge in [-0.3, -0.25) is 4.79 Å². The van der Waals surface area contributed by atoms with Gasteiger partial charge in [-0.1, -0.05) is 30.3 Å². The van der Waals surface area contributed by atoms with Crippen molar-refractivity contribution in [2.45, 2.75) is 19.3 Å². The standard InChI is InChI=1S/C12H15NO.ClH/c14-12(13-8-4-5-9-13)10-11-6-2-1-3-7-11;/h1-3,6-7H,4-5,8-10H2;1H. The van der Waals surface area contributed by atoms with Crippen molar-refractivity contribution in [2.24, 2.45) is 0 Å². The second-order valence-corrected chi connectivity index (χ2v) is 3.75. The first kappa shape index (κ1) is 12.1. The van der Waals surface area contributed by atoms with Crippen LogP contribution < -0.4 is 0 Å². The predicted octanol–water partition coefficient (Wildman–Crippen LogP) is 2.27. The van der Waals surface area contributed by atoms with Crippen LogP contribution in [0.25, 0.3) is 0 Å². The molecule has 0 aliphatic carbocycles. The van der Waals surface area contributed by atoms with Gasteiger partial charge in [0.05, 0.1) is 6.42 Å². The molecule has 15 heavy (non-hydrogen) atoms.